The highest BCUT2D eigenvalue weighted by atomic mass is 32.2. The van der Waals surface area contributed by atoms with Crippen molar-refractivity contribution in [2.24, 2.45) is 0 Å². The fourth-order valence-corrected chi connectivity index (χ4v) is 4.43. The van der Waals surface area contributed by atoms with Crippen LogP contribution in [-0.4, -0.2) is 43.8 Å². The average molecular weight is 374 g/mol. The lowest BCUT2D eigenvalue weighted by atomic mass is 10.2. The molecule has 0 atom stereocenters. The van der Waals surface area contributed by atoms with Gasteiger partial charge in [0.05, 0.1) is 10.4 Å². The first-order valence-corrected chi connectivity index (χ1v) is 9.87. The number of anilines is 1. The summed E-state index contributed by atoms with van der Waals surface area (Å²) in [7, 11) is -3.87. The molecular weight excluding hydrogens is 355 g/mol. The van der Waals surface area contributed by atoms with Gasteiger partial charge < -0.3 is 10.2 Å². The Morgan fingerprint density at radius 1 is 1.08 bits per heavy atom. The van der Waals surface area contributed by atoms with Crippen LogP contribution in [0.3, 0.4) is 0 Å². The van der Waals surface area contributed by atoms with Gasteiger partial charge in [-0.25, -0.2) is 4.39 Å². The number of aromatic nitrogens is 2. The van der Waals surface area contributed by atoms with Gasteiger partial charge in [0.25, 0.3) is 10.0 Å². The van der Waals surface area contributed by atoms with Crippen molar-refractivity contribution in [3.63, 3.8) is 0 Å². The zero-order valence-corrected chi connectivity index (χ0v) is 15.1. The van der Waals surface area contributed by atoms with Gasteiger partial charge in [-0.2, -0.15) is 12.5 Å². The summed E-state index contributed by atoms with van der Waals surface area (Å²) in [5, 5.41) is 8.13. The van der Waals surface area contributed by atoms with Gasteiger partial charge in [-0.15, -0.1) is 5.10 Å². The molecular formula is C18H19FN4O2S. The van der Waals surface area contributed by atoms with Gasteiger partial charge in [0.15, 0.2) is 5.82 Å². The van der Waals surface area contributed by atoms with E-state index in [0.29, 0.717) is 29.8 Å². The molecule has 2 aromatic carbocycles. The van der Waals surface area contributed by atoms with Crippen molar-refractivity contribution in [1.29, 1.82) is 0 Å². The monoisotopic (exact) mass is 374 g/mol. The number of benzene rings is 2. The topological polar surface area (TPSA) is 67.2 Å². The normalized spacial score (nSPS) is 15.5. The maximum Gasteiger partial charge on any atom is 0.283 e. The molecule has 136 valence electrons. The lowest BCUT2D eigenvalue weighted by Gasteiger charge is -2.27. The Hall–Kier alpha value is -2.45. The van der Waals surface area contributed by atoms with E-state index >= 15 is 0 Å². The third-order valence-electron chi connectivity index (χ3n) is 4.55. The zero-order chi connectivity index (χ0) is 18.3. The second kappa shape index (κ2) is 6.37. The number of hydrogen-bond donors (Lipinski definition) is 1. The van der Waals surface area contributed by atoms with Gasteiger partial charge in [-0.3, -0.25) is 0 Å². The van der Waals surface area contributed by atoms with Gasteiger partial charge in [0, 0.05) is 31.6 Å². The SMILES string of the molecule is Cc1ccc(S(=O)(=O)n2nc(N3CCNCC3)c3cc(F)ccc32)cc1. The van der Waals surface area contributed by atoms with Crippen LogP contribution in [0.25, 0.3) is 10.9 Å². The number of piperazine rings is 1. The Kier molecular flexibility index (Phi) is 4.16. The molecule has 1 fully saturated rings. The molecule has 2 heterocycles. The van der Waals surface area contributed by atoms with E-state index in [-0.39, 0.29) is 4.90 Å². The molecule has 0 bridgehead atoms. The van der Waals surface area contributed by atoms with E-state index in [0.717, 1.165) is 22.7 Å². The Morgan fingerprint density at radius 2 is 1.77 bits per heavy atom. The lowest BCUT2D eigenvalue weighted by molar-refractivity contribution is 0.574. The van der Waals surface area contributed by atoms with E-state index in [4.69, 9.17) is 0 Å². The minimum absolute atomic E-state index is 0.156. The highest BCUT2D eigenvalue weighted by Crippen LogP contribution is 2.30. The lowest BCUT2D eigenvalue weighted by Crippen LogP contribution is -2.43. The highest BCUT2D eigenvalue weighted by Gasteiger charge is 2.26. The first kappa shape index (κ1) is 17.0. The van der Waals surface area contributed by atoms with Crippen LogP contribution in [0.5, 0.6) is 0 Å². The predicted octanol–water partition coefficient (Wildman–Crippen LogP) is 2.13. The highest BCUT2D eigenvalue weighted by molar-refractivity contribution is 7.90. The van der Waals surface area contributed by atoms with E-state index in [9.17, 15) is 12.8 Å². The minimum Gasteiger partial charge on any atom is -0.352 e. The standard InChI is InChI=1S/C18H19FN4O2S/c1-13-2-5-15(6-3-13)26(24,25)23-17-7-4-14(19)12-16(17)18(21-23)22-10-8-20-9-11-22/h2-7,12,20H,8-11H2,1H3. The molecule has 8 heteroatoms. The average Bonchev–Trinajstić information content (AvgIpc) is 3.02. The molecule has 3 aromatic rings. The number of halogens is 1. The van der Waals surface area contributed by atoms with Crippen molar-refractivity contribution in [2.45, 2.75) is 11.8 Å². The number of rotatable bonds is 3. The van der Waals surface area contributed by atoms with Gasteiger partial charge in [-0.05, 0) is 37.3 Å². The number of nitrogens with one attached hydrogen (secondary N) is 1. The quantitative estimate of drug-likeness (QED) is 0.761. The summed E-state index contributed by atoms with van der Waals surface area (Å²) in [5.74, 6) is 0.0813. The summed E-state index contributed by atoms with van der Waals surface area (Å²) >= 11 is 0. The molecule has 1 saturated heterocycles. The van der Waals surface area contributed by atoms with E-state index in [1.165, 1.54) is 18.2 Å². The molecule has 0 aliphatic carbocycles. The number of hydrogen-bond acceptors (Lipinski definition) is 5. The summed E-state index contributed by atoms with van der Waals surface area (Å²) in [6, 6.07) is 10.7. The second-order valence-corrected chi connectivity index (χ2v) is 8.15. The summed E-state index contributed by atoms with van der Waals surface area (Å²) in [6.45, 7) is 4.81. The van der Waals surface area contributed by atoms with Gasteiger partial charge in [0.1, 0.15) is 5.82 Å². The van der Waals surface area contributed by atoms with E-state index in [1.54, 1.807) is 24.3 Å². The van der Waals surface area contributed by atoms with Crippen LogP contribution in [0.15, 0.2) is 47.4 Å². The number of fused-ring (bicyclic) bond motifs is 1. The molecule has 0 amide bonds. The van der Waals surface area contributed by atoms with Crippen LogP contribution in [0, 0.1) is 12.7 Å². The molecule has 0 unspecified atom stereocenters. The van der Waals surface area contributed by atoms with Crippen LogP contribution >= 0.6 is 0 Å². The third kappa shape index (κ3) is 2.85. The first-order valence-electron chi connectivity index (χ1n) is 8.43. The molecule has 1 aromatic heterocycles. The molecule has 0 spiro atoms. The summed E-state index contributed by atoms with van der Waals surface area (Å²) in [4.78, 5) is 2.14. The maximum atomic E-state index is 13.8. The summed E-state index contributed by atoms with van der Waals surface area (Å²) in [6.07, 6.45) is 0. The van der Waals surface area contributed by atoms with E-state index in [1.807, 2.05) is 11.8 Å². The fraction of sp³-hybridized carbons (Fsp3) is 0.278. The van der Waals surface area contributed by atoms with Gasteiger partial charge in [-0.1, -0.05) is 17.7 Å². The van der Waals surface area contributed by atoms with Crippen LogP contribution in [-0.2, 0) is 10.0 Å². The van der Waals surface area contributed by atoms with E-state index < -0.39 is 15.8 Å². The third-order valence-corrected chi connectivity index (χ3v) is 6.16. The predicted molar refractivity (Wildman–Crippen MR) is 98.5 cm³/mol. The fourth-order valence-electron chi connectivity index (χ4n) is 3.15. The van der Waals surface area contributed by atoms with Crippen molar-refractivity contribution in [2.75, 3.05) is 31.1 Å². The molecule has 1 N–H and O–H groups in total. The molecule has 0 saturated carbocycles. The molecule has 4 rings (SSSR count). The van der Waals surface area contributed by atoms with Crippen LogP contribution < -0.4 is 10.2 Å². The molecule has 6 nitrogen and oxygen atoms in total. The smallest absolute Gasteiger partial charge is 0.283 e. The van der Waals surface area contributed by atoms with Crippen molar-refractivity contribution in [1.82, 2.24) is 14.5 Å². The Bertz CT molecular complexity index is 1050. The largest absolute Gasteiger partial charge is 0.352 e. The first-order chi connectivity index (χ1) is 12.5. The van der Waals surface area contributed by atoms with Crippen molar-refractivity contribution < 1.29 is 12.8 Å². The second-order valence-electron chi connectivity index (χ2n) is 6.38. The van der Waals surface area contributed by atoms with Crippen LogP contribution in [0.1, 0.15) is 5.56 Å². The van der Waals surface area contributed by atoms with Crippen LogP contribution in [0.4, 0.5) is 10.2 Å². The summed E-state index contributed by atoms with van der Waals surface area (Å²) < 4.78 is 41.1. The molecule has 0 radical (unpaired) electrons. The molecule has 1 aliphatic heterocycles. The molecule has 1 aliphatic rings. The molecule has 26 heavy (non-hydrogen) atoms. The van der Waals surface area contributed by atoms with Gasteiger partial charge >= 0.3 is 0 Å². The maximum absolute atomic E-state index is 13.8. The van der Waals surface area contributed by atoms with Gasteiger partial charge in [0.2, 0.25) is 0 Å². The van der Waals surface area contributed by atoms with E-state index in [2.05, 4.69) is 10.4 Å². The van der Waals surface area contributed by atoms with Crippen molar-refractivity contribution >= 4 is 26.7 Å². The number of aryl methyl sites for hydroxylation is 1. The Labute approximate surface area is 151 Å². The minimum atomic E-state index is -3.87. The Morgan fingerprint density at radius 3 is 2.46 bits per heavy atom. The summed E-state index contributed by atoms with van der Waals surface area (Å²) in [5.41, 5.74) is 1.35. The zero-order valence-electron chi connectivity index (χ0n) is 14.3. The number of nitrogens with zero attached hydrogens (tertiary/aromatic N) is 3. The Balaban J connectivity index is 1.91. The van der Waals surface area contributed by atoms with Crippen LogP contribution in [0.2, 0.25) is 0 Å². The van der Waals surface area contributed by atoms with Crippen molar-refractivity contribution in [3.05, 3.63) is 53.8 Å². The van der Waals surface area contributed by atoms with Crippen molar-refractivity contribution in [3.8, 4) is 0 Å².